The molecule has 0 spiro atoms. The molecule has 2 aliphatic heterocycles. The summed E-state index contributed by atoms with van der Waals surface area (Å²) in [7, 11) is 0. The van der Waals surface area contributed by atoms with Gasteiger partial charge in [-0.2, -0.15) is 0 Å². The number of benzene rings is 1. The summed E-state index contributed by atoms with van der Waals surface area (Å²) in [6.07, 6.45) is 12.7. The maximum atomic E-state index is 13.3. The summed E-state index contributed by atoms with van der Waals surface area (Å²) in [6, 6.07) is 6.89. The highest BCUT2D eigenvalue weighted by atomic mass is 16.3. The van der Waals surface area contributed by atoms with Crippen molar-refractivity contribution in [1.82, 2.24) is 4.90 Å². The fourth-order valence-electron chi connectivity index (χ4n) is 6.02. The standard InChI is InChI=1S/C24H32N2O2/c27-15-22-19-12-13-26(24(28)17-8-4-5-9-17)23(19)20-14-18(10-11-21(20)25-22)16-6-2-1-3-7-16/h6,10-11,14,17,19,22-23,25,27H,1-5,7-9,12-13,15H2/t19-,22+,23-/m1/s1. The second-order valence-corrected chi connectivity index (χ2v) is 9.12. The second kappa shape index (κ2) is 7.55. The van der Waals surface area contributed by atoms with Crippen molar-refractivity contribution in [3.63, 3.8) is 0 Å². The van der Waals surface area contributed by atoms with Crippen molar-refractivity contribution in [2.75, 3.05) is 18.5 Å². The van der Waals surface area contributed by atoms with Gasteiger partial charge in [-0.15, -0.1) is 0 Å². The summed E-state index contributed by atoms with van der Waals surface area (Å²) in [6.45, 7) is 0.953. The van der Waals surface area contributed by atoms with E-state index >= 15 is 0 Å². The van der Waals surface area contributed by atoms with Gasteiger partial charge in [0.1, 0.15) is 0 Å². The lowest BCUT2D eigenvalue weighted by atomic mass is 9.81. The first-order valence-corrected chi connectivity index (χ1v) is 11.3. The maximum absolute atomic E-state index is 13.3. The lowest BCUT2D eigenvalue weighted by molar-refractivity contribution is -0.136. The molecular weight excluding hydrogens is 348 g/mol. The number of amides is 1. The normalized spacial score (nSPS) is 29.8. The molecule has 5 rings (SSSR count). The molecule has 0 radical (unpaired) electrons. The van der Waals surface area contributed by atoms with Crippen molar-refractivity contribution in [2.45, 2.75) is 69.9 Å². The quantitative estimate of drug-likeness (QED) is 0.811. The molecule has 0 unspecified atom stereocenters. The zero-order valence-electron chi connectivity index (χ0n) is 16.7. The minimum absolute atomic E-state index is 0.0404. The highest BCUT2D eigenvalue weighted by Crippen LogP contribution is 2.48. The molecule has 1 saturated carbocycles. The number of hydrogen-bond donors (Lipinski definition) is 2. The fraction of sp³-hybridized carbons (Fsp3) is 0.625. The van der Waals surface area contributed by atoms with Crippen molar-refractivity contribution in [3.05, 3.63) is 35.4 Å². The number of carbonyl (C=O) groups excluding carboxylic acids is 1. The van der Waals surface area contributed by atoms with Gasteiger partial charge in [-0.3, -0.25) is 4.79 Å². The summed E-state index contributed by atoms with van der Waals surface area (Å²) in [5, 5.41) is 13.6. The average molecular weight is 381 g/mol. The van der Waals surface area contributed by atoms with Crippen LogP contribution in [0.4, 0.5) is 5.69 Å². The van der Waals surface area contributed by atoms with Crippen LogP contribution >= 0.6 is 0 Å². The molecule has 2 heterocycles. The number of likely N-dealkylation sites (tertiary alicyclic amines) is 1. The molecule has 0 bridgehead atoms. The molecule has 4 aliphatic rings. The van der Waals surface area contributed by atoms with Gasteiger partial charge in [0.15, 0.2) is 0 Å². The predicted octanol–water partition coefficient (Wildman–Crippen LogP) is 4.51. The average Bonchev–Trinajstić information content (AvgIpc) is 3.43. The second-order valence-electron chi connectivity index (χ2n) is 9.12. The number of fused-ring (bicyclic) bond motifs is 3. The van der Waals surface area contributed by atoms with Gasteiger partial charge in [-0.1, -0.05) is 25.0 Å². The Morgan fingerprint density at radius 2 is 2.00 bits per heavy atom. The zero-order valence-corrected chi connectivity index (χ0v) is 16.7. The number of nitrogens with one attached hydrogen (secondary N) is 1. The molecule has 4 heteroatoms. The molecule has 0 aromatic heterocycles. The molecule has 3 atom stereocenters. The van der Waals surface area contributed by atoms with E-state index in [1.165, 1.54) is 48.8 Å². The van der Waals surface area contributed by atoms with Crippen LogP contribution in [-0.2, 0) is 4.79 Å². The number of nitrogens with zero attached hydrogens (tertiary/aromatic N) is 1. The topological polar surface area (TPSA) is 52.6 Å². The monoisotopic (exact) mass is 380 g/mol. The van der Waals surface area contributed by atoms with Crippen molar-refractivity contribution in [1.29, 1.82) is 0 Å². The fourth-order valence-corrected chi connectivity index (χ4v) is 6.02. The van der Waals surface area contributed by atoms with E-state index in [1.807, 2.05) is 0 Å². The number of rotatable bonds is 3. The number of carbonyl (C=O) groups is 1. The van der Waals surface area contributed by atoms with Crippen molar-refractivity contribution >= 4 is 17.2 Å². The summed E-state index contributed by atoms with van der Waals surface area (Å²) in [5.74, 6) is 0.879. The van der Waals surface area contributed by atoms with E-state index in [2.05, 4.69) is 34.5 Å². The SMILES string of the molecule is O=C(C1CCCC1)N1CC[C@@H]2[C@H](CO)Nc3ccc(C4=CCCCC4)cc3[C@@H]21. The minimum atomic E-state index is 0.0404. The Kier molecular flexibility index (Phi) is 4.92. The summed E-state index contributed by atoms with van der Waals surface area (Å²) >= 11 is 0. The Labute approximate surface area is 168 Å². The zero-order chi connectivity index (χ0) is 19.1. The van der Waals surface area contributed by atoms with Crippen LogP contribution in [0.15, 0.2) is 24.3 Å². The predicted molar refractivity (Wildman–Crippen MR) is 112 cm³/mol. The van der Waals surface area contributed by atoms with Gasteiger partial charge < -0.3 is 15.3 Å². The Hall–Kier alpha value is -1.81. The smallest absolute Gasteiger partial charge is 0.226 e. The molecule has 2 N–H and O–H groups in total. The third kappa shape index (κ3) is 3.06. The molecule has 1 saturated heterocycles. The molecule has 150 valence electrons. The molecule has 1 amide bonds. The Morgan fingerprint density at radius 3 is 2.75 bits per heavy atom. The third-order valence-corrected chi connectivity index (χ3v) is 7.52. The van der Waals surface area contributed by atoms with Gasteiger partial charge >= 0.3 is 0 Å². The highest BCUT2D eigenvalue weighted by Gasteiger charge is 2.47. The van der Waals surface area contributed by atoms with E-state index in [0.29, 0.717) is 11.8 Å². The summed E-state index contributed by atoms with van der Waals surface area (Å²) < 4.78 is 0. The number of hydrogen-bond acceptors (Lipinski definition) is 3. The Bertz CT molecular complexity index is 781. The van der Waals surface area contributed by atoms with Crippen LogP contribution in [-0.4, -0.2) is 35.1 Å². The number of allylic oxidation sites excluding steroid dienone is 2. The molecular formula is C24H32N2O2. The third-order valence-electron chi connectivity index (χ3n) is 7.52. The molecule has 2 aliphatic carbocycles. The lowest BCUT2D eigenvalue weighted by Crippen LogP contribution is -2.44. The van der Waals surface area contributed by atoms with E-state index in [0.717, 1.165) is 37.9 Å². The van der Waals surface area contributed by atoms with Crippen LogP contribution in [0.2, 0.25) is 0 Å². The first kappa shape index (κ1) is 18.2. The van der Waals surface area contributed by atoms with Crippen molar-refractivity contribution in [3.8, 4) is 0 Å². The first-order valence-electron chi connectivity index (χ1n) is 11.3. The van der Waals surface area contributed by atoms with Crippen LogP contribution < -0.4 is 5.32 Å². The van der Waals surface area contributed by atoms with Gasteiger partial charge in [-0.25, -0.2) is 0 Å². The lowest BCUT2D eigenvalue weighted by Gasteiger charge is -2.40. The van der Waals surface area contributed by atoms with Crippen molar-refractivity contribution < 1.29 is 9.90 Å². The molecule has 28 heavy (non-hydrogen) atoms. The van der Waals surface area contributed by atoms with Gasteiger partial charge in [0.25, 0.3) is 0 Å². The van der Waals surface area contributed by atoms with Gasteiger partial charge in [0.05, 0.1) is 18.7 Å². The van der Waals surface area contributed by atoms with Crippen LogP contribution in [0.5, 0.6) is 0 Å². The van der Waals surface area contributed by atoms with Crippen molar-refractivity contribution in [2.24, 2.45) is 11.8 Å². The van der Waals surface area contributed by atoms with Gasteiger partial charge in [0.2, 0.25) is 5.91 Å². The van der Waals surface area contributed by atoms with E-state index in [9.17, 15) is 9.90 Å². The van der Waals surface area contributed by atoms with Crippen LogP contribution in [0, 0.1) is 11.8 Å². The maximum Gasteiger partial charge on any atom is 0.226 e. The Morgan fingerprint density at radius 1 is 1.14 bits per heavy atom. The van der Waals surface area contributed by atoms with E-state index in [1.54, 1.807) is 0 Å². The largest absolute Gasteiger partial charge is 0.394 e. The van der Waals surface area contributed by atoms with Crippen LogP contribution in [0.25, 0.3) is 5.57 Å². The van der Waals surface area contributed by atoms with Gasteiger partial charge in [0, 0.05) is 24.1 Å². The minimum Gasteiger partial charge on any atom is -0.394 e. The number of aliphatic hydroxyl groups is 1. The first-order chi connectivity index (χ1) is 13.8. The Balaban J connectivity index is 1.52. The highest BCUT2D eigenvalue weighted by molar-refractivity contribution is 5.81. The number of aliphatic hydroxyl groups excluding tert-OH is 1. The number of anilines is 1. The van der Waals surface area contributed by atoms with Crippen LogP contribution in [0.1, 0.15) is 75.0 Å². The molecule has 4 nitrogen and oxygen atoms in total. The summed E-state index contributed by atoms with van der Waals surface area (Å²) in [4.78, 5) is 15.5. The summed E-state index contributed by atoms with van der Waals surface area (Å²) in [5.41, 5.74) is 5.15. The van der Waals surface area contributed by atoms with E-state index < -0.39 is 0 Å². The van der Waals surface area contributed by atoms with E-state index in [-0.39, 0.29) is 24.6 Å². The molecule has 1 aromatic rings. The molecule has 1 aromatic carbocycles. The van der Waals surface area contributed by atoms with E-state index in [4.69, 9.17) is 0 Å². The van der Waals surface area contributed by atoms with Crippen LogP contribution in [0.3, 0.4) is 0 Å². The van der Waals surface area contributed by atoms with Gasteiger partial charge in [-0.05, 0) is 73.8 Å². The molecule has 2 fully saturated rings.